The molecule has 3 rings (SSSR count). The first-order valence-electron chi connectivity index (χ1n) is 6.11. The number of aromatic nitrogens is 2. The Hall–Kier alpha value is -2.37. The Morgan fingerprint density at radius 2 is 2.00 bits per heavy atom. The van der Waals surface area contributed by atoms with Crippen LogP contribution in [-0.2, 0) is 7.05 Å². The molecule has 1 aromatic heterocycles. The van der Waals surface area contributed by atoms with Crippen LogP contribution >= 0.6 is 0 Å². The third-order valence-corrected chi connectivity index (χ3v) is 3.07. The Labute approximate surface area is 111 Å². The molecule has 0 fully saturated rings. The van der Waals surface area contributed by atoms with E-state index in [9.17, 15) is 0 Å². The monoisotopic (exact) mass is 260 g/mol. The van der Waals surface area contributed by atoms with Crippen molar-refractivity contribution < 1.29 is 9.47 Å². The third-order valence-electron chi connectivity index (χ3n) is 3.07. The van der Waals surface area contributed by atoms with Crippen LogP contribution in [0.15, 0.2) is 18.2 Å². The number of ether oxygens (including phenoxy) is 2. The van der Waals surface area contributed by atoms with Gasteiger partial charge >= 0.3 is 0 Å². The molecule has 3 N–H and O–H groups in total. The summed E-state index contributed by atoms with van der Waals surface area (Å²) in [6.07, 6.45) is 0. The molecule has 2 heterocycles. The van der Waals surface area contributed by atoms with E-state index in [1.807, 2.05) is 32.2 Å². The molecule has 6 nitrogen and oxygen atoms in total. The fourth-order valence-corrected chi connectivity index (χ4v) is 2.08. The van der Waals surface area contributed by atoms with E-state index in [-0.39, 0.29) is 0 Å². The molecule has 0 bridgehead atoms. The maximum Gasteiger partial charge on any atom is 0.163 e. The minimum absolute atomic E-state index is 0.573. The van der Waals surface area contributed by atoms with E-state index >= 15 is 0 Å². The van der Waals surface area contributed by atoms with Gasteiger partial charge in [-0.25, -0.2) is 0 Å². The molecule has 0 unspecified atom stereocenters. The number of benzene rings is 1. The minimum atomic E-state index is 0.573. The van der Waals surface area contributed by atoms with Crippen LogP contribution in [0.5, 0.6) is 11.5 Å². The van der Waals surface area contributed by atoms with E-state index in [1.54, 1.807) is 4.68 Å². The second kappa shape index (κ2) is 4.38. The van der Waals surface area contributed by atoms with Crippen LogP contribution in [0.4, 0.5) is 17.2 Å². The van der Waals surface area contributed by atoms with Crippen LogP contribution in [0.25, 0.3) is 0 Å². The molecule has 1 aliphatic heterocycles. The van der Waals surface area contributed by atoms with Crippen molar-refractivity contribution in [2.24, 2.45) is 7.05 Å². The van der Waals surface area contributed by atoms with Gasteiger partial charge in [-0.15, -0.1) is 0 Å². The summed E-state index contributed by atoms with van der Waals surface area (Å²) in [7, 11) is 1.85. The Morgan fingerprint density at radius 1 is 1.26 bits per heavy atom. The van der Waals surface area contributed by atoms with E-state index in [1.165, 1.54) is 0 Å². The lowest BCUT2D eigenvalue weighted by molar-refractivity contribution is 0.171. The SMILES string of the molecule is Cc1nn(C)c(Nc2ccc3c(c2)OCCO3)c1N. The summed E-state index contributed by atoms with van der Waals surface area (Å²) < 4.78 is 12.8. The van der Waals surface area contributed by atoms with E-state index < -0.39 is 0 Å². The highest BCUT2D eigenvalue weighted by atomic mass is 16.6. The van der Waals surface area contributed by atoms with E-state index in [0.717, 1.165) is 28.7 Å². The molecule has 19 heavy (non-hydrogen) atoms. The molecule has 0 aliphatic carbocycles. The fourth-order valence-electron chi connectivity index (χ4n) is 2.08. The Bertz CT molecular complexity index is 621. The van der Waals surface area contributed by atoms with Crippen LogP contribution in [-0.4, -0.2) is 23.0 Å². The first kappa shape index (κ1) is 11.7. The zero-order valence-electron chi connectivity index (χ0n) is 10.9. The summed E-state index contributed by atoms with van der Waals surface area (Å²) in [4.78, 5) is 0. The summed E-state index contributed by atoms with van der Waals surface area (Å²) in [6, 6.07) is 5.71. The maximum absolute atomic E-state index is 5.99. The molecule has 6 heteroatoms. The van der Waals surface area contributed by atoms with Crippen molar-refractivity contribution in [2.45, 2.75) is 6.92 Å². The number of fused-ring (bicyclic) bond motifs is 1. The third kappa shape index (κ3) is 2.05. The highest BCUT2D eigenvalue weighted by Crippen LogP contribution is 2.34. The molecule has 0 saturated carbocycles. The van der Waals surface area contributed by atoms with Crippen LogP contribution in [0.1, 0.15) is 5.69 Å². The number of nitrogens with two attached hydrogens (primary N) is 1. The Morgan fingerprint density at radius 3 is 2.68 bits per heavy atom. The van der Waals surface area contributed by atoms with Gasteiger partial charge in [0.25, 0.3) is 0 Å². The smallest absolute Gasteiger partial charge is 0.163 e. The number of anilines is 3. The van der Waals surface area contributed by atoms with Crippen molar-refractivity contribution >= 4 is 17.2 Å². The van der Waals surface area contributed by atoms with Crippen molar-refractivity contribution in [3.8, 4) is 11.5 Å². The molecule has 0 radical (unpaired) electrons. The van der Waals surface area contributed by atoms with Gasteiger partial charge in [0.05, 0.1) is 11.4 Å². The molecule has 100 valence electrons. The number of hydrogen-bond acceptors (Lipinski definition) is 5. The number of rotatable bonds is 2. The number of nitrogen functional groups attached to an aromatic ring is 1. The van der Waals surface area contributed by atoms with Crippen LogP contribution in [0.2, 0.25) is 0 Å². The Kier molecular flexibility index (Phi) is 2.70. The zero-order valence-corrected chi connectivity index (χ0v) is 10.9. The molecular weight excluding hydrogens is 244 g/mol. The minimum Gasteiger partial charge on any atom is -0.486 e. The predicted octanol–water partition coefficient (Wildman–Crippen LogP) is 1.83. The quantitative estimate of drug-likeness (QED) is 0.861. The predicted molar refractivity (Wildman–Crippen MR) is 73.1 cm³/mol. The van der Waals surface area contributed by atoms with Gasteiger partial charge in [-0.2, -0.15) is 5.10 Å². The van der Waals surface area contributed by atoms with Crippen molar-refractivity contribution in [2.75, 3.05) is 24.3 Å². The lowest BCUT2D eigenvalue weighted by atomic mass is 10.2. The van der Waals surface area contributed by atoms with Gasteiger partial charge in [0.2, 0.25) is 0 Å². The Balaban J connectivity index is 1.91. The van der Waals surface area contributed by atoms with Crippen LogP contribution in [0.3, 0.4) is 0 Å². The van der Waals surface area contributed by atoms with Crippen molar-refractivity contribution in [3.05, 3.63) is 23.9 Å². The summed E-state index contributed by atoms with van der Waals surface area (Å²) in [5.41, 5.74) is 8.33. The highest BCUT2D eigenvalue weighted by molar-refractivity contribution is 5.72. The van der Waals surface area contributed by atoms with Gasteiger partial charge in [0.1, 0.15) is 13.2 Å². The summed E-state index contributed by atoms with van der Waals surface area (Å²) in [5.74, 6) is 2.29. The molecule has 1 aromatic carbocycles. The first-order chi connectivity index (χ1) is 9.15. The fraction of sp³-hybridized carbons (Fsp3) is 0.308. The van der Waals surface area contributed by atoms with Crippen LogP contribution < -0.4 is 20.5 Å². The summed E-state index contributed by atoms with van der Waals surface area (Å²) >= 11 is 0. The number of nitrogens with one attached hydrogen (secondary N) is 1. The molecule has 0 spiro atoms. The average molecular weight is 260 g/mol. The summed E-state index contributed by atoms with van der Waals surface area (Å²) in [6.45, 7) is 3.04. The van der Waals surface area contributed by atoms with Gasteiger partial charge in [-0.1, -0.05) is 0 Å². The standard InChI is InChI=1S/C13H16N4O2/c1-8-12(14)13(17(2)16-8)15-9-3-4-10-11(7-9)19-6-5-18-10/h3-4,7,15H,5-6,14H2,1-2H3. The molecular formula is C13H16N4O2. The van der Waals surface area contributed by atoms with Gasteiger partial charge < -0.3 is 20.5 Å². The summed E-state index contributed by atoms with van der Waals surface area (Å²) in [5, 5.41) is 7.52. The molecule has 0 saturated heterocycles. The van der Waals surface area contributed by atoms with E-state index in [4.69, 9.17) is 15.2 Å². The topological polar surface area (TPSA) is 74.3 Å². The first-order valence-corrected chi connectivity index (χ1v) is 6.11. The molecule has 2 aromatic rings. The molecule has 0 atom stereocenters. The lowest BCUT2D eigenvalue weighted by Gasteiger charge is -2.19. The maximum atomic E-state index is 5.99. The van der Waals surface area contributed by atoms with Gasteiger partial charge in [-0.3, -0.25) is 4.68 Å². The highest BCUT2D eigenvalue weighted by Gasteiger charge is 2.14. The zero-order chi connectivity index (χ0) is 13.4. The second-order valence-electron chi connectivity index (χ2n) is 4.45. The van der Waals surface area contributed by atoms with E-state index in [0.29, 0.717) is 18.9 Å². The number of nitrogens with zero attached hydrogens (tertiary/aromatic N) is 2. The number of aryl methyl sites for hydroxylation is 2. The van der Waals surface area contributed by atoms with Crippen molar-refractivity contribution in [1.82, 2.24) is 9.78 Å². The largest absolute Gasteiger partial charge is 0.486 e. The van der Waals surface area contributed by atoms with Gasteiger partial charge in [0.15, 0.2) is 17.3 Å². The number of hydrogen-bond donors (Lipinski definition) is 2. The second-order valence-corrected chi connectivity index (χ2v) is 4.45. The van der Waals surface area contributed by atoms with Crippen molar-refractivity contribution in [1.29, 1.82) is 0 Å². The normalized spacial score (nSPS) is 13.4. The van der Waals surface area contributed by atoms with Crippen molar-refractivity contribution in [3.63, 3.8) is 0 Å². The molecule has 0 amide bonds. The van der Waals surface area contributed by atoms with Gasteiger partial charge in [0, 0.05) is 18.8 Å². The van der Waals surface area contributed by atoms with Gasteiger partial charge in [-0.05, 0) is 19.1 Å². The van der Waals surface area contributed by atoms with Crippen LogP contribution in [0, 0.1) is 6.92 Å². The van der Waals surface area contributed by atoms with E-state index in [2.05, 4.69) is 10.4 Å². The lowest BCUT2D eigenvalue weighted by Crippen LogP contribution is -2.15. The molecule has 1 aliphatic rings. The average Bonchev–Trinajstić information content (AvgIpc) is 2.65.